The molecule has 1 aliphatic heterocycles. The lowest BCUT2D eigenvalue weighted by Crippen LogP contribution is -2.46. The number of hydrogen-bond donors (Lipinski definition) is 1. The van der Waals surface area contributed by atoms with Crippen LogP contribution in [0.5, 0.6) is 0 Å². The van der Waals surface area contributed by atoms with Crippen LogP contribution >= 0.6 is 0 Å². The number of nitrogens with one attached hydrogen (secondary N) is 1. The Morgan fingerprint density at radius 1 is 1.40 bits per heavy atom. The van der Waals surface area contributed by atoms with Crippen molar-refractivity contribution in [2.45, 2.75) is 31.8 Å². The van der Waals surface area contributed by atoms with Crippen molar-refractivity contribution in [3.63, 3.8) is 0 Å². The summed E-state index contributed by atoms with van der Waals surface area (Å²) < 4.78 is 7.56. The molecule has 1 aliphatic rings. The van der Waals surface area contributed by atoms with Gasteiger partial charge >= 0.3 is 11.8 Å². The zero-order chi connectivity index (χ0) is 17.8. The van der Waals surface area contributed by atoms with Crippen molar-refractivity contribution in [3.05, 3.63) is 34.9 Å². The molecule has 0 spiro atoms. The van der Waals surface area contributed by atoms with E-state index in [-0.39, 0.29) is 11.6 Å². The SMILES string of the molecule is COC(=O)N1CCC[C@@H]1C(=O)NCCCn1nc2ccccn2c1=O. The normalized spacial score (nSPS) is 17.0. The molecule has 3 heterocycles. The number of rotatable bonds is 5. The third-order valence-electron chi connectivity index (χ3n) is 4.30. The molecule has 25 heavy (non-hydrogen) atoms. The highest BCUT2D eigenvalue weighted by molar-refractivity contribution is 5.86. The standard InChI is InChI=1S/C16H21N5O4/c1-25-16(24)19-10-4-6-12(19)14(22)17-8-5-11-21-15(23)20-9-3-2-7-13(20)18-21/h2-3,7,9,12H,4-6,8,10-11H2,1H3,(H,17,22)/t12-/m1/s1. The first-order valence-electron chi connectivity index (χ1n) is 8.28. The summed E-state index contributed by atoms with van der Waals surface area (Å²) in [5.74, 6) is -0.190. The maximum Gasteiger partial charge on any atom is 0.410 e. The second kappa shape index (κ2) is 7.37. The van der Waals surface area contributed by atoms with Crippen LogP contribution in [-0.2, 0) is 16.1 Å². The number of hydrogen-bond acceptors (Lipinski definition) is 5. The maximum absolute atomic E-state index is 12.2. The number of aryl methyl sites for hydroxylation is 1. The van der Waals surface area contributed by atoms with E-state index in [1.165, 1.54) is 21.1 Å². The fourth-order valence-corrected chi connectivity index (χ4v) is 3.05. The number of ether oxygens (including phenoxy) is 1. The Morgan fingerprint density at radius 3 is 3.00 bits per heavy atom. The molecule has 0 bridgehead atoms. The molecule has 1 atom stereocenters. The number of nitrogens with zero attached hydrogens (tertiary/aromatic N) is 4. The number of aromatic nitrogens is 3. The molecule has 9 nitrogen and oxygen atoms in total. The first-order chi connectivity index (χ1) is 12.1. The lowest BCUT2D eigenvalue weighted by molar-refractivity contribution is -0.125. The van der Waals surface area contributed by atoms with Crippen LogP contribution in [-0.4, -0.2) is 57.3 Å². The van der Waals surface area contributed by atoms with Gasteiger partial charge in [0.25, 0.3) is 0 Å². The minimum Gasteiger partial charge on any atom is -0.453 e. The molecule has 9 heteroatoms. The van der Waals surface area contributed by atoms with E-state index < -0.39 is 12.1 Å². The maximum atomic E-state index is 12.2. The number of carbonyl (C=O) groups excluding carboxylic acids is 2. The van der Waals surface area contributed by atoms with Crippen molar-refractivity contribution in [2.75, 3.05) is 20.2 Å². The van der Waals surface area contributed by atoms with Gasteiger partial charge in [-0.2, -0.15) is 0 Å². The molecule has 1 saturated heterocycles. The number of fused-ring (bicyclic) bond motifs is 1. The highest BCUT2D eigenvalue weighted by Crippen LogP contribution is 2.18. The van der Waals surface area contributed by atoms with E-state index in [1.54, 1.807) is 18.3 Å². The van der Waals surface area contributed by atoms with Crippen LogP contribution in [0.2, 0.25) is 0 Å². The molecule has 0 aliphatic carbocycles. The summed E-state index contributed by atoms with van der Waals surface area (Å²) in [6.07, 6.45) is 3.18. The highest BCUT2D eigenvalue weighted by atomic mass is 16.5. The van der Waals surface area contributed by atoms with E-state index >= 15 is 0 Å². The third kappa shape index (κ3) is 3.49. The molecule has 0 unspecified atom stereocenters. The number of likely N-dealkylation sites (tertiary alicyclic amines) is 1. The number of carbonyl (C=O) groups is 2. The number of amides is 2. The van der Waals surface area contributed by atoms with Crippen molar-refractivity contribution in [2.24, 2.45) is 0 Å². The van der Waals surface area contributed by atoms with Crippen LogP contribution in [0.4, 0.5) is 4.79 Å². The van der Waals surface area contributed by atoms with Crippen LogP contribution in [0.1, 0.15) is 19.3 Å². The van der Waals surface area contributed by atoms with Gasteiger partial charge in [0.05, 0.1) is 7.11 Å². The van der Waals surface area contributed by atoms with Crippen molar-refractivity contribution in [1.29, 1.82) is 0 Å². The molecule has 1 fully saturated rings. The van der Waals surface area contributed by atoms with E-state index in [0.717, 1.165) is 6.42 Å². The largest absolute Gasteiger partial charge is 0.453 e. The first-order valence-corrected chi connectivity index (χ1v) is 8.28. The Morgan fingerprint density at radius 2 is 2.24 bits per heavy atom. The molecular formula is C16H21N5O4. The average molecular weight is 347 g/mol. The molecule has 0 saturated carbocycles. The summed E-state index contributed by atoms with van der Waals surface area (Å²) in [4.78, 5) is 37.5. The van der Waals surface area contributed by atoms with Gasteiger partial charge in [0, 0.05) is 25.8 Å². The summed E-state index contributed by atoms with van der Waals surface area (Å²) in [6, 6.07) is 4.88. The summed E-state index contributed by atoms with van der Waals surface area (Å²) in [6.45, 7) is 1.35. The van der Waals surface area contributed by atoms with E-state index in [1.807, 2.05) is 6.07 Å². The van der Waals surface area contributed by atoms with Gasteiger partial charge in [-0.15, -0.1) is 5.10 Å². The molecule has 2 aromatic rings. The Bertz CT molecular complexity index is 827. The zero-order valence-corrected chi connectivity index (χ0v) is 14.1. The molecule has 3 rings (SSSR count). The van der Waals surface area contributed by atoms with E-state index in [4.69, 9.17) is 4.74 Å². The number of methoxy groups -OCH3 is 1. The first kappa shape index (κ1) is 17.0. The second-order valence-electron chi connectivity index (χ2n) is 5.90. The van der Waals surface area contributed by atoms with Gasteiger partial charge in [-0.3, -0.25) is 14.1 Å². The molecule has 2 aromatic heterocycles. The third-order valence-corrected chi connectivity index (χ3v) is 4.30. The topological polar surface area (TPSA) is 97.9 Å². The summed E-state index contributed by atoms with van der Waals surface area (Å²) in [5.41, 5.74) is 0.394. The quantitative estimate of drug-likeness (QED) is 0.781. The minimum atomic E-state index is -0.481. The molecular weight excluding hydrogens is 326 g/mol. The van der Waals surface area contributed by atoms with E-state index in [9.17, 15) is 14.4 Å². The van der Waals surface area contributed by atoms with Crippen LogP contribution in [0.25, 0.3) is 5.65 Å². The van der Waals surface area contributed by atoms with E-state index in [2.05, 4.69) is 10.4 Å². The Hall–Kier alpha value is -2.84. The van der Waals surface area contributed by atoms with Gasteiger partial charge in [-0.25, -0.2) is 14.3 Å². The highest BCUT2D eigenvalue weighted by Gasteiger charge is 2.34. The molecule has 1 N–H and O–H groups in total. The van der Waals surface area contributed by atoms with Gasteiger partial charge in [-0.05, 0) is 31.4 Å². The van der Waals surface area contributed by atoms with E-state index in [0.29, 0.717) is 38.1 Å². The Kier molecular flexibility index (Phi) is 5.01. The second-order valence-corrected chi connectivity index (χ2v) is 5.90. The molecule has 2 amide bonds. The van der Waals surface area contributed by atoms with Crippen LogP contribution in [0, 0.1) is 0 Å². The van der Waals surface area contributed by atoms with Crippen molar-refractivity contribution >= 4 is 17.6 Å². The molecule has 0 radical (unpaired) electrons. The lowest BCUT2D eigenvalue weighted by atomic mass is 10.2. The zero-order valence-electron chi connectivity index (χ0n) is 14.1. The summed E-state index contributed by atoms with van der Waals surface area (Å²) in [5, 5.41) is 7.06. The monoisotopic (exact) mass is 347 g/mol. The van der Waals surface area contributed by atoms with Gasteiger partial charge in [-0.1, -0.05) is 6.07 Å². The summed E-state index contributed by atoms with van der Waals surface area (Å²) >= 11 is 0. The Balaban J connectivity index is 1.51. The number of pyridine rings is 1. The Labute approximate surface area is 144 Å². The lowest BCUT2D eigenvalue weighted by Gasteiger charge is -2.22. The molecule has 0 aromatic carbocycles. The van der Waals surface area contributed by atoms with Gasteiger partial charge in [0.15, 0.2) is 5.65 Å². The van der Waals surface area contributed by atoms with Crippen LogP contribution in [0.15, 0.2) is 29.2 Å². The predicted molar refractivity (Wildman–Crippen MR) is 89.2 cm³/mol. The fourth-order valence-electron chi connectivity index (χ4n) is 3.05. The molecule has 134 valence electrons. The smallest absolute Gasteiger partial charge is 0.410 e. The summed E-state index contributed by atoms with van der Waals surface area (Å²) in [7, 11) is 1.31. The van der Waals surface area contributed by atoms with Gasteiger partial charge in [0.1, 0.15) is 6.04 Å². The minimum absolute atomic E-state index is 0.190. The van der Waals surface area contributed by atoms with Crippen molar-refractivity contribution < 1.29 is 14.3 Å². The fraction of sp³-hybridized carbons (Fsp3) is 0.500. The van der Waals surface area contributed by atoms with Crippen LogP contribution in [0.3, 0.4) is 0 Å². The van der Waals surface area contributed by atoms with Crippen LogP contribution < -0.4 is 11.0 Å². The van der Waals surface area contributed by atoms with Crippen molar-refractivity contribution in [1.82, 2.24) is 24.4 Å². The predicted octanol–water partition coefficient (Wildman–Crippen LogP) is 0.233. The van der Waals surface area contributed by atoms with Crippen molar-refractivity contribution in [3.8, 4) is 0 Å². The van der Waals surface area contributed by atoms with Gasteiger partial charge in [0.2, 0.25) is 5.91 Å². The van der Waals surface area contributed by atoms with Gasteiger partial charge < -0.3 is 10.1 Å². The average Bonchev–Trinajstić information content (AvgIpc) is 3.24.